The summed E-state index contributed by atoms with van der Waals surface area (Å²) in [5.74, 6) is 0.308. The third-order valence-electron chi connectivity index (χ3n) is 7.18. The smallest absolute Gasteiger partial charge is 0.264 e. The van der Waals surface area contributed by atoms with E-state index >= 15 is 0 Å². The van der Waals surface area contributed by atoms with E-state index < -0.39 is 10.1 Å². The molecule has 0 aliphatic carbocycles. The van der Waals surface area contributed by atoms with Gasteiger partial charge in [-0.1, -0.05) is 105 Å². The van der Waals surface area contributed by atoms with E-state index in [1.807, 2.05) is 97.9 Å². The van der Waals surface area contributed by atoms with Crippen LogP contribution >= 0.6 is 0 Å². The summed E-state index contributed by atoms with van der Waals surface area (Å²) in [6.07, 6.45) is 4.92. The Balaban J connectivity index is 0.000000264. The van der Waals surface area contributed by atoms with Crippen LogP contribution in [0.2, 0.25) is 0 Å². The Morgan fingerprint density at radius 1 is 0.872 bits per heavy atom. The minimum atomic E-state index is -3.96. The number of Topliss-reactive ketones (excluding diaryl/α,β-unsaturated/α-hetero) is 1. The van der Waals surface area contributed by atoms with Gasteiger partial charge in [0.1, 0.15) is 11.3 Å². The molecule has 8 heteroatoms. The molecule has 1 aromatic heterocycles. The molecule has 5 aromatic rings. The van der Waals surface area contributed by atoms with Gasteiger partial charge >= 0.3 is 0 Å². The normalized spacial score (nSPS) is 11.7. The monoisotopic (exact) mass is 651 g/mol. The maximum absolute atomic E-state index is 12.5. The maximum Gasteiger partial charge on any atom is 0.264 e. The lowest BCUT2D eigenvalue weighted by atomic mass is 9.95. The summed E-state index contributed by atoms with van der Waals surface area (Å²) in [7, 11) is -3.96. The zero-order valence-electron chi connectivity index (χ0n) is 27.2. The number of aryl methyl sites for hydroxylation is 1. The number of ketones is 1. The number of amides is 1. The second-order valence-corrected chi connectivity index (χ2v) is 14.1. The first kappa shape index (κ1) is 35.1. The molecule has 1 amide bonds. The van der Waals surface area contributed by atoms with Crippen molar-refractivity contribution in [1.82, 2.24) is 0 Å². The van der Waals surface area contributed by atoms with Crippen molar-refractivity contribution < 1.29 is 27.0 Å². The van der Waals surface area contributed by atoms with E-state index in [4.69, 9.17) is 8.97 Å². The summed E-state index contributed by atoms with van der Waals surface area (Å²) in [6, 6.07) is 32.9. The lowest BCUT2D eigenvalue weighted by molar-refractivity contribution is -0.115. The Morgan fingerprint density at radius 3 is 2.15 bits per heavy atom. The number of hydrogen-bond acceptors (Lipinski definition) is 5. The molecule has 0 bridgehead atoms. The Hall–Kier alpha value is -4.79. The molecule has 244 valence electrons. The van der Waals surface area contributed by atoms with Crippen LogP contribution < -0.4 is 5.32 Å². The third-order valence-corrected chi connectivity index (χ3v) is 7.98. The highest BCUT2D eigenvalue weighted by Crippen LogP contribution is 2.28. The van der Waals surface area contributed by atoms with Crippen LogP contribution in [0.25, 0.3) is 28.4 Å². The lowest BCUT2D eigenvalue weighted by Gasteiger charge is -2.11. The predicted octanol–water partition coefficient (Wildman–Crippen LogP) is 9.19. The minimum Gasteiger partial charge on any atom is -0.456 e. The fourth-order valence-electron chi connectivity index (χ4n) is 4.62. The number of nitrogens with one attached hydrogen (secondary N) is 1. The number of benzene rings is 4. The maximum atomic E-state index is 12.5. The van der Waals surface area contributed by atoms with E-state index in [0.29, 0.717) is 12.0 Å². The predicted molar refractivity (Wildman–Crippen MR) is 190 cm³/mol. The molecule has 7 nitrogen and oxygen atoms in total. The van der Waals surface area contributed by atoms with Gasteiger partial charge in [0, 0.05) is 28.6 Å². The molecule has 0 fully saturated rings. The molecule has 5 rings (SSSR count). The first-order chi connectivity index (χ1) is 22.2. The first-order valence-corrected chi connectivity index (χ1v) is 17.1. The van der Waals surface area contributed by atoms with Gasteiger partial charge < -0.3 is 9.73 Å². The van der Waals surface area contributed by atoms with Crippen molar-refractivity contribution in [2.75, 3.05) is 11.1 Å². The highest BCUT2D eigenvalue weighted by molar-refractivity contribution is 7.85. The van der Waals surface area contributed by atoms with Crippen LogP contribution in [0.3, 0.4) is 0 Å². The molecule has 0 spiro atoms. The number of fused-ring (bicyclic) bond motifs is 1. The van der Waals surface area contributed by atoms with Gasteiger partial charge in [0.25, 0.3) is 10.1 Å². The van der Waals surface area contributed by atoms with E-state index in [9.17, 15) is 18.0 Å². The SMILES string of the molecule is CC(C)(C)/C=C/c1ccc(CC(=O)Nc2ccc(-c3cc4ccccc4o3)cc2)cc1.Cc1ccc(C(=O)CCCS(=O)(=O)O)cc1. The molecule has 1 heterocycles. The van der Waals surface area contributed by atoms with Gasteiger partial charge in [0.15, 0.2) is 5.78 Å². The number of rotatable bonds is 10. The van der Waals surface area contributed by atoms with Gasteiger partial charge in [-0.25, -0.2) is 0 Å². The second kappa shape index (κ2) is 15.7. The summed E-state index contributed by atoms with van der Waals surface area (Å²) in [4.78, 5) is 24.0. The zero-order chi connectivity index (χ0) is 34.0. The van der Waals surface area contributed by atoms with Crippen LogP contribution in [0.4, 0.5) is 5.69 Å². The van der Waals surface area contributed by atoms with Crippen molar-refractivity contribution in [1.29, 1.82) is 0 Å². The average Bonchev–Trinajstić information content (AvgIpc) is 3.45. The molecule has 0 aliphatic rings. The Kier molecular flexibility index (Phi) is 11.7. The molecule has 0 saturated carbocycles. The van der Waals surface area contributed by atoms with Gasteiger partial charge in [-0.15, -0.1) is 0 Å². The fourth-order valence-corrected chi connectivity index (χ4v) is 5.13. The summed E-state index contributed by atoms with van der Waals surface area (Å²) in [5, 5.41) is 4.05. The molecular weight excluding hydrogens is 610 g/mol. The number of allylic oxidation sites excluding steroid dienone is 1. The van der Waals surface area contributed by atoms with Crippen LogP contribution in [0.5, 0.6) is 0 Å². The molecule has 0 atom stereocenters. The lowest BCUT2D eigenvalue weighted by Crippen LogP contribution is -2.14. The molecular formula is C39H41NO6S. The van der Waals surface area contributed by atoms with Crippen LogP contribution in [0.15, 0.2) is 114 Å². The van der Waals surface area contributed by atoms with Crippen molar-refractivity contribution >= 4 is 44.5 Å². The van der Waals surface area contributed by atoms with Crippen LogP contribution in [-0.4, -0.2) is 30.4 Å². The second-order valence-electron chi connectivity index (χ2n) is 12.6. The van der Waals surface area contributed by atoms with Crippen LogP contribution in [-0.2, 0) is 21.3 Å². The molecule has 4 aromatic carbocycles. The minimum absolute atomic E-state index is 0.0329. The topological polar surface area (TPSA) is 114 Å². The van der Waals surface area contributed by atoms with Crippen LogP contribution in [0.1, 0.15) is 60.7 Å². The highest BCUT2D eigenvalue weighted by atomic mass is 32.2. The molecule has 0 unspecified atom stereocenters. The summed E-state index contributed by atoms with van der Waals surface area (Å²) >= 11 is 0. The summed E-state index contributed by atoms with van der Waals surface area (Å²) in [5.41, 5.74) is 6.54. The molecule has 0 aliphatic heterocycles. The zero-order valence-corrected chi connectivity index (χ0v) is 28.0. The average molecular weight is 652 g/mol. The van der Waals surface area contributed by atoms with Gasteiger partial charge in [-0.2, -0.15) is 8.42 Å². The molecule has 0 saturated heterocycles. The summed E-state index contributed by atoms with van der Waals surface area (Å²) in [6.45, 7) is 8.44. The van der Waals surface area contributed by atoms with E-state index in [1.165, 1.54) is 0 Å². The molecule has 0 radical (unpaired) electrons. The van der Waals surface area contributed by atoms with Gasteiger partial charge in [-0.3, -0.25) is 14.1 Å². The van der Waals surface area contributed by atoms with E-state index in [0.717, 1.165) is 44.7 Å². The standard InChI is InChI=1S/C28H27NO2.C11H14O4S/c1-28(2,3)17-16-20-8-10-21(11-9-20)18-27(30)29-24-14-12-22(13-15-24)26-19-23-6-4-5-7-25(23)31-26;1-9-4-6-10(7-5-9)11(12)3-2-8-16(13,14)15/h4-17,19H,18H2,1-3H3,(H,29,30);4-7H,2-3,8H2,1H3,(H,13,14,15)/b17-16+;. The highest BCUT2D eigenvalue weighted by Gasteiger charge is 2.10. The largest absolute Gasteiger partial charge is 0.456 e. The van der Waals surface area contributed by atoms with Gasteiger partial charge in [0.2, 0.25) is 5.91 Å². The Bertz CT molecular complexity index is 1900. The number of para-hydroxylation sites is 1. The van der Waals surface area contributed by atoms with E-state index in [1.54, 1.807) is 12.1 Å². The van der Waals surface area contributed by atoms with Crippen molar-refractivity contribution in [2.45, 2.75) is 47.0 Å². The fraction of sp³-hybridized carbons (Fsp3) is 0.231. The quantitative estimate of drug-likeness (QED) is 0.115. The van der Waals surface area contributed by atoms with Crippen molar-refractivity contribution in [3.63, 3.8) is 0 Å². The van der Waals surface area contributed by atoms with Crippen molar-refractivity contribution in [2.24, 2.45) is 5.41 Å². The third kappa shape index (κ3) is 11.8. The Labute approximate surface area is 277 Å². The number of furan rings is 1. The van der Waals surface area contributed by atoms with Crippen LogP contribution in [0, 0.1) is 12.3 Å². The van der Waals surface area contributed by atoms with E-state index in [2.05, 4.69) is 38.2 Å². The Morgan fingerprint density at radius 2 is 1.53 bits per heavy atom. The van der Waals surface area contributed by atoms with Crippen molar-refractivity contribution in [3.8, 4) is 11.3 Å². The van der Waals surface area contributed by atoms with Gasteiger partial charge in [-0.05, 0) is 66.3 Å². The van der Waals surface area contributed by atoms with Crippen molar-refractivity contribution in [3.05, 3.63) is 131 Å². The first-order valence-electron chi connectivity index (χ1n) is 15.5. The molecule has 47 heavy (non-hydrogen) atoms. The van der Waals surface area contributed by atoms with E-state index in [-0.39, 0.29) is 35.7 Å². The molecule has 2 N–H and O–H groups in total. The number of carbonyl (C=O) groups excluding carboxylic acids is 2. The van der Waals surface area contributed by atoms with Gasteiger partial charge in [0.05, 0.1) is 12.2 Å². The number of carbonyl (C=O) groups is 2. The number of anilines is 1. The summed E-state index contributed by atoms with van der Waals surface area (Å²) < 4.78 is 35.3. The number of hydrogen-bond donors (Lipinski definition) is 2.